The van der Waals surface area contributed by atoms with Gasteiger partial charge in [-0.15, -0.1) is 0 Å². The lowest BCUT2D eigenvalue weighted by atomic mass is 10.1. The highest BCUT2D eigenvalue weighted by Gasteiger charge is 2.22. The Bertz CT molecular complexity index is 1270. The number of carbonyl (C=O) groups excluding carboxylic acids is 3. The van der Waals surface area contributed by atoms with Gasteiger partial charge in [-0.05, 0) is 42.5 Å². The van der Waals surface area contributed by atoms with Gasteiger partial charge < -0.3 is 20.7 Å². The van der Waals surface area contributed by atoms with E-state index in [0.717, 1.165) is 16.7 Å². The fourth-order valence-electron chi connectivity index (χ4n) is 3.34. The van der Waals surface area contributed by atoms with Crippen molar-refractivity contribution in [3.8, 4) is 17.6 Å². The van der Waals surface area contributed by atoms with Gasteiger partial charge in [-0.2, -0.15) is 0 Å². The Balaban J connectivity index is 1.51. The van der Waals surface area contributed by atoms with E-state index in [-0.39, 0.29) is 19.0 Å². The number of carbonyl (C=O) groups is 3. The molecule has 3 aromatic rings. The van der Waals surface area contributed by atoms with Crippen molar-refractivity contribution in [1.82, 2.24) is 21.4 Å². The molecule has 0 aromatic heterocycles. The van der Waals surface area contributed by atoms with Gasteiger partial charge in [0, 0.05) is 35.3 Å². The number of para-hydroxylation sites is 1. The summed E-state index contributed by atoms with van der Waals surface area (Å²) in [6, 6.07) is 22.3. The van der Waals surface area contributed by atoms with Crippen molar-refractivity contribution in [2.75, 3.05) is 20.2 Å². The molecular formula is C28H28N4O5. The monoisotopic (exact) mass is 500 g/mol. The van der Waals surface area contributed by atoms with Crippen LogP contribution in [-0.2, 0) is 16.1 Å². The van der Waals surface area contributed by atoms with Gasteiger partial charge in [0.1, 0.15) is 11.8 Å². The number of ether oxygens (including phenoxy) is 1. The molecule has 3 aromatic carbocycles. The molecule has 0 fully saturated rings. The number of rotatable bonds is 10. The molecule has 5 N–H and O–H groups in total. The predicted octanol–water partition coefficient (Wildman–Crippen LogP) is 1.60. The normalized spacial score (nSPS) is 10.9. The maximum Gasteiger partial charge on any atom is 0.267 e. The Kier molecular flexibility index (Phi) is 10.2. The van der Waals surface area contributed by atoms with Crippen LogP contribution in [0, 0.1) is 11.8 Å². The topological polar surface area (TPSA) is 129 Å². The van der Waals surface area contributed by atoms with E-state index in [1.165, 1.54) is 5.48 Å². The van der Waals surface area contributed by atoms with Crippen molar-refractivity contribution in [3.05, 3.63) is 101 Å². The summed E-state index contributed by atoms with van der Waals surface area (Å²) in [6.45, 7) is 0.166. The Morgan fingerprint density at radius 3 is 2.22 bits per heavy atom. The van der Waals surface area contributed by atoms with Crippen molar-refractivity contribution >= 4 is 17.7 Å². The van der Waals surface area contributed by atoms with Crippen molar-refractivity contribution in [2.24, 2.45) is 0 Å². The van der Waals surface area contributed by atoms with E-state index in [9.17, 15) is 14.4 Å². The van der Waals surface area contributed by atoms with E-state index in [0.29, 0.717) is 17.9 Å². The lowest BCUT2D eigenvalue weighted by molar-refractivity contribution is -0.131. The average molecular weight is 501 g/mol. The van der Waals surface area contributed by atoms with E-state index in [4.69, 9.17) is 9.94 Å². The lowest BCUT2D eigenvalue weighted by Crippen LogP contribution is -2.52. The van der Waals surface area contributed by atoms with Crippen molar-refractivity contribution in [3.63, 3.8) is 0 Å². The number of hydrogen-bond acceptors (Lipinski definition) is 6. The first kappa shape index (κ1) is 26.9. The molecule has 0 unspecified atom stereocenters. The first-order chi connectivity index (χ1) is 18.0. The molecular weight excluding hydrogens is 472 g/mol. The summed E-state index contributed by atoms with van der Waals surface area (Å²) in [5, 5.41) is 17.1. The van der Waals surface area contributed by atoms with Crippen LogP contribution in [0.25, 0.3) is 0 Å². The maximum absolute atomic E-state index is 12.7. The van der Waals surface area contributed by atoms with E-state index in [2.05, 4.69) is 27.8 Å². The van der Waals surface area contributed by atoms with Crippen LogP contribution >= 0.6 is 0 Å². The number of methoxy groups -OCH3 is 1. The van der Waals surface area contributed by atoms with E-state index in [1.807, 2.05) is 54.6 Å². The molecule has 0 heterocycles. The molecule has 0 bridgehead atoms. The zero-order chi connectivity index (χ0) is 26.5. The molecule has 9 nitrogen and oxygen atoms in total. The van der Waals surface area contributed by atoms with Gasteiger partial charge in [0.15, 0.2) is 0 Å². The predicted molar refractivity (Wildman–Crippen MR) is 138 cm³/mol. The minimum absolute atomic E-state index is 0.0229. The van der Waals surface area contributed by atoms with Gasteiger partial charge in [0.2, 0.25) is 5.91 Å². The quantitative estimate of drug-likeness (QED) is 0.163. The second-order valence-electron chi connectivity index (χ2n) is 7.91. The summed E-state index contributed by atoms with van der Waals surface area (Å²) in [5.41, 5.74) is 4.29. The summed E-state index contributed by atoms with van der Waals surface area (Å²) in [6.07, 6.45) is 0. The number of hydrogen-bond donors (Lipinski definition) is 5. The van der Waals surface area contributed by atoms with Gasteiger partial charge in [-0.1, -0.05) is 48.2 Å². The molecule has 0 aliphatic rings. The molecule has 9 heteroatoms. The molecule has 0 aliphatic carbocycles. The largest absolute Gasteiger partial charge is 0.496 e. The Labute approximate surface area is 215 Å². The van der Waals surface area contributed by atoms with Crippen LogP contribution in [0.5, 0.6) is 5.75 Å². The van der Waals surface area contributed by atoms with Crippen LogP contribution in [0.1, 0.15) is 27.0 Å². The molecule has 3 amide bonds. The minimum atomic E-state index is -1.19. The van der Waals surface area contributed by atoms with Crippen LogP contribution in [-0.4, -0.2) is 49.2 Å². The second kappa shape index (κ2) is 14.0. The zero-order valence-electron chi connectivity index (χ0n) is 20.3. The second-order valence-corrected chi connectivity index (χ2v) is 7.91. The Morgan fingerprint density at radius 1 is 0.892 bits per heavy atom. The van der Waals surface area contributed by atoms with Gasteiger partial charge in [-0.3, -0.25) is 19.6 Å². The van der Waals surface area contributed by atoms with Gasteiger partial charge in [0.25, 0.3) is 11.8 Å². The van der Waals surface area contributed by atoms with Crippen LogP contribution < -0.4 is 26.2 Å². The standard InChI is InChI=1S/C28H28N4O5/c1-37-25-10-6-5-9-23(25)17-29-19-26(33)30-18-24(28(35)32-36)31-27(34)22-15-13-21(14-16-22)12-11-20-7-3-2-4-8-20/h2-10,13-16,24,29,36H,17-19H2,1H3,(H,30,33)(H,31,34)(H,32,35)/t24-/m0/s1. The van der Waals surface area contributed by atoms with E-state index >= 15 is 0 Å². The average Bonchev–Trinajstić information content (AvgIpc) is 2.94. The molecule has 0 saturated heterocycles. The highest BCUT2D eigenvalue weighted by Crippen LogP contribution is 2.16. The Hall–Kier alpha value is -4.65. The summed E-state index contributed by atoms with van der Waals surface area (Å²) in [7, 11) is 1.57. The molecule has 0 spiro atoms. The maximum atomic E-state index is 12.7. The van der Waals surface area contributed by atoms with E-state index < -0.39 is 17.9 Å². The molecule has 1 atom stereocenters. The molecule has 3 rings (SSSR count). The fraction of sp³-hybridized carbons (Fsp3) is 0.179. The third-order valence-corrected chi connectivity index (χ3v) is 5.30. The van der Waals surface area contributed by atoms with Crippen LogP contribution in [0.15, 0.2) is 78.9 Å². The molecule has 0 aliphatic heterocycles. The number of hydroxylamine groups is 1. The van der Waals surface area contributed by atoms with Crippen LogP contribution in [0.4, 0.5) is 0 Å². The number of nitrogens with one attached hydrogen (secondary N) is 4. The van der Waals surface area contributed by atoms with Crippen molar-refractivity contribution in [2.45, 2.75) is 12.6 Å². The zero-order valence-corrected chi connectivity index (χ0v) is 20.3. The molecule has 190 valence electrons. The SMILES string of the molecule is COc1ccccc1CNCC(=O)NC[C@H](NC(=O)c1ccc(C#Cc2ccccc2)cc1)C(=O)NO. The van der Waals surface area contributed by atoms with Crippen LogP contribution in [0.2, 0.25) is 0 Å². The third-order valence-electron chi connectivity index (χ3n) is 5.30. The highest BCUT2D eigenvalue weighted by atomic mass is 16.5. The number of amides is 3. The summed E-state index contributed by atoms with van der Waals surface area (Å²) in [4.78, 5) is 37.0. The summed E-state index contributed by atoms with van der Waals surface area (Å²) < 4.78 is 5.28. The van der Waals surface area contributed by atoms with Gasteiger partial charge in [-0.25, -0.2) is 5.48 Å². The third kappa shape index (κ3) is 8.50. The smallest absolute Gasteiger partial charge is 0.267 e. The summed E-state index contributed by atoms with van der Waals surface area (Å²) in [5.74, 6) is 4.97. The van der Waals surface area contributed by atoms with E-state index in [1.54, 1.807) is 31.4 Å². The summed E-state index contributed by atoms with van der Waals surface area (Å²) >= 11 is 0. The lowest BCUT2D eigenvalue weighted by Gasteiger charge is -2.18. The van der Waals surface area contributed by atoms with Crippen LogP contribution in [0.3, 0.4) is 0 Å². The van der Waals surface area contributed by atoms with Crippen molar-refractivity contribution in [1.29, 1.82) is 0 Å². The first-order valence-electron chi connectivity index (χ1n) is 11.5. The minimum Gasteiger partial charge on any atom is -0.496 e. The highest BCUT2D eigenvalue weighted by molar-refractivity contribution is 5.97. The Morgan fingerprint density at radius 2 is 1.54 bits per heavy atom. The molecule has 37 heavy (non-hydrogen) atoms. The molecule has 0 saturated carbocycles. The molecule has 0 radical (unpaired) electrons. The first-order valence-corrected chi connectivity index (χ1v) is 11.5. The van der Waals surface area contributed by atoms with Crippen molar-refractivity contribution < 1.29 is 24.3 Å². The van der Waals surface area contributed by atoms with Gasteiger partial charge >= 0.3 is 0 Å². The van der Waals surface area contributed by atoms with Gasteiger partial charge in [0.05, 0.1) is 13.7 Å². The number of benzene rings is 3. The fourth-order valence-corrected chi connectivity index (χ4v) is 3.34.